The van der Waals surface area contributed by atoms with Crippen molar-refractivity contribution in [3.8, 4) is 0 Å². The number of benzene rings is 1. The number of aromatic nitrogens is 2. The Labute approximate surface area is 129 Å². The first-order valence-electron chi connectivity index (χ1n) is 6.40. The third-order valence-corrected chi connectivity index (χ3v) is 5.09. The van der Waals surface area contributed by atoms with E-state index in [0.29, 0.717) is 16.2 Å². The summed E-state index contributed by atoms with van der Waals surface area (Å²) in [6.07, 6.45) is 1.70. The summed E-state index contributed by atoms with van der Waals surface area (Å²) >= 11 is 0. The van der Waals surface area contributed by atoms with Gasteiger partial charge in [0.15, 0.2) is 5.16 Å². The summed E-state index contributed by atoms with van der Waals surface area (Å²) < 4.78 is 12.4. The Bertz CT molecular complexity index is 684. The standard InChI is InChI=1S/C12H14N4O3S.ClH/c17-16(18)8-1-2-10-11(7-8)15-12(14-10)20(19)9-3-5-13-6-4-9;/h1-2,7,9,13H,3-6H2,(H,14,15);1H. The molecule has 0 radical (unpaired) electrons. The number of nitrogens with zero attached hydrogens (tertiary/aromatic N) is 2. The van der Waals surface area contributed by atoms with E-state index >= 15 is 0 Å². The Balaban J connectivity index is 0.00000161. The predicted molar refractivity (Wildman–Crippen MR) is 82.3 cm³/mol. The van der Waals surface area contributed by atoms with E-state index in [9.17, 15) is 14.3 Å². The molecule has 1 saturated heterocycles. The lowest BCUT2D eigenvalue weighted by Gasteiger charge is -2.20. The van der Waals surface area contributed by atoms with Gasteiger partial charge in [-0.05, 0) is 32.0 Å². The number of nitro groups is 1. The molecule has 9 heteroatoms. The molecule has 1 fully saturated rings. The van der Waals surface area contributed by atoms with Crippen molar-refractivity contribution in [1.82, 2.24) is 15.3 Å². The van der Waals surface area contributed by atoms with Gasteiger partial charge in [0.2, 0.25) is 0 Å². The van der Waals surface area contributed by atoms with Crippen molar-refractivity contribution < 1.29 is 9.13 Å². The zero-order valence-corrected chi connectivity index (χ0v) is 12.7. The fraction of sp³-hybridized carbons (Fsp3) is 0.417. The van der Waals surface area contributed by atoms with Crippen molar-refractivity contribution >= 4 is 39.9 Å². The number of hydrogen-bond donors (Lipinski definition) is 2. The first kappa shape index (κ1) is 15.9. The molecule has 0 bridgehead atoms. The van der Waals surface area contributed by atoms with Crippen LogP contribution >= 0.6 is 12.4 Å². The molecule has 0 amide bonds. The van der Waals surface area contributed by atoms with Crippen LogP contribution in [-0.2, 0) is 10.8 Å². The van der Waals surface area contributed by atoms with Crippen LogP contribution in [0.5, 0.6) is 0 Å². The van der Waals surface area contributed by atoms with E-state index in [-0.39, 0.29) is 23.3 Å². The lowest BCUT2D eigenvalue weighted by Crippen LogP contribution is -2.33. The lowest BCUT2D eigenvalue weighted by atomic mass is 10.2. The number of imidazole rings is 1. The number of non-ortho nitro benzene ring substituents is 1. The molecule has 7 nitrogen and oxygen atoms in total. The maximum Gasteiger partial charge on any atom is 0.271 e. The molecule has 2 heterocycles. The second-order valence-electron chi connectivity index (χ2n) is 4.75. The van der Waals surface area contributed by atoms with Crippen LogP contribution in [0, 0.1) is 10.1 Å². The molecule has 1 atom stereocenters. The largest absolute Gasteiger partial charge is 0.331 e. The fourth-order valence-corrected chi connectivity index (χ4v) is 3.73. The van der Waals surface area contributed by atoms with E-state index < -0.39 is 15.7 Å². The number of aromatic amines is 1. The second kappa shape index (κ2) is 6.50. The van der Waals surface area contributed by atoms with E-state index in [1.807, 2.05) is 0 Å². The third kappa shape index (κ3) is 3.22. The van der Waals surface area contributed by atoms with Gasteiger partial charge in [0.25, 0.3) is 5.69 Å². The molecule has 1 unspecified atom stereocenters. The minimum atomic E-state index is -1.20. The van der Waals surface area contributed by atoms with Gasteiger partial charge in [-0.15, -0.1) is 12.4 Å². The highest BCUT2D eigenvalue weighted by atomic mass is 35.5. The van der Waals surface area contributed by atoms with Crippen molar-refractivity contribution in [3.63, 3.8) is 0 Å². The minimum Gasteiger partial charge on any atom is -0.331 e. The zero-order valence-electron chi connectivity index (χ0n) is 11.1. The third-order valence-electron chi connectivity index (χ3n) is 3.43. The summed E-state index contributed by atoms with van der Waals surface area (Å²) in [5.41, 5.74) is 1.16. The van der Waals surface area contributed by atoms with Crippen LogP contribution in [0.15, 0.2) is 23.4 Å². The Morgan fingerprint density at radius 1 is 1.33 bits per heavy atom. The quantitative estimate of drug-likeness (QED) is 0.659. The lowest BCUT2D eigenvalue weighted by molar-refractivity contribution is -0.384. The SMILES string of the molecule is Cl.O=[N+]([O-])c1ccc2nc(S(=O)C3CCNCC3)[nH]c2c1. The molecular weight excluding hydrogens is 316 g/mol. The van der Waals surface area contributed by atoms with Gasteiger partial charge in [-0.25, -0.2) is 4.98 Å². The molecule has 1 aliphatic heterocycles. The van der Waals surface area contributed by atoms with Crippen LogP contribution in [0.1, 0.15) is 12.8 Å². The fourth-order valence-electron chi connectivity index (χ4n) is 2.35. The second-order valence-corrected chi connectivity index (χ2v) is 6.40. The average Bonchev–Trinajstić information content (AvgIpc) is 2.90. The Hall–Kier alpha value is -1.51. The number of nitro benzene ring substituents is 1. The molecule has 2 N–H and O–H groups in total. The predicted octanol–water partition coefficient (Wildman–Crippen LogP) is 1.75. The molecule has 2 aromatic rings. The normalized spacial score (nSPS) is 17.3. The number of hydrogen-bond acceptors (Lipinski definition) is 5. The Morgan fingerprint density at radius 2 is 2.05 bits per heavy atom. The Morgan fingerprint density at radius 3 is 2.71 bits per heavy atom. The minimum absolute atomic E-state index is 0. The van der Waals surface area contributed by atoms with Gasteiger partial charge >= 0.3 is 0 Å². The molecule has 114 valence electrons. The van der Waals surface area contributed by atoms with E-state index in [4.69, 9.17) is 0 Å². The van der Waals surface area contributed by atoms with Crippen molar-refractivity contribution in [1.29, 1.82) is 0 Å². The molecule has 1 aromatic heterocycles. The van der Waals surface area contributed by atoms with Crippen LogP contribution < -0.4 is 5.32 Å². The highest BCUT2D eigenvalue weighted by Gasteiger charge is 2.23. The maximum absolute atomic E-state index is 12.4. The average molecular weight is 331 g/mol. The van der Waals surface area contributed by atoms with Crippen LogP contribution in [0.4, 0.5) is 5.69 Å². The van der Waals surface area contributed by atoms with Gasteiger partial charge in [0, 0.05) is 17.4 Å². The molecule has 0 aliphatic carbocycles. The Kier molecular flexibility index (Phi) is 4.92. The molecule has 0 saturated carbocycles. The van der Waals surface area contributed by atoms with Gasteiger partial charge < -0.3 is 10.3 Å². The number of nitrogens with one attached hydrogen (secondary N) is 2. The molecule has 0 spiro atoms. The van der Waals surface area contributed by atoms with Crippen molar-refractivity contribution in [2.75, 3.05) is 13.1 Å². The summed E-state index contributed by atoms with van der Waals surface area (Å²) in [6.45, 7) is 1.73. The van der Waals surface area contributed by atoms with Gasteiger partial charge in [-0.3, -0.25) is 14.3 Å². The van der Waals surface area contributed by atoms with E-state index in [0.717, 1.165) is 25.9 Å². The zero-order chi connectivity index (χ0) is 14.1. The van der Waals surface area contributed by atoms with Crippen molar-refractivity contribution in [2.24, 2.45) is 0 Å². The molecule has 3 rings (SSSR count). The number of halogens is 1. The summed E-state index contributed by atoms with van der Waals surface area (Å²) in [5, 5.41) is 14.5. The van der Waals surface area contributed by atoms with Crippen LogP contribution in [0.3, 0.4) is 0 Å². The highest BCUT2D eigenvalue weighted by molar-refractivity contribution is 7.85. The molecule has 1 aliphatic rings. The molecule has 21 heavy (non-hydrogen) atoms. The summed E-state index contributed by atoms with van der Waals surface area (Å²) in [5.74, 6) is 0. The maximum atomic E-state index is 12.4. The van der Waals surface area contributed by atoms with Crippen LogP contribution in [0.25, 0.3) is 11.0 Å². The van der Waals surface area contributed by atoms with E-state index in [1.165, 1.54) is 12.1 Å². The van der Waals surface area contributed by atoms with Gasteiger partial charge in [-0.1, -0.05) is 0 Å². The number of rotatable bonds is 3. The van der Waals surface area contributed by atoms with Gasteiger partial charge in [0.05, 0.1) is 26.8 Å². The van der Waals surface area contributed by atoms with Crippen molar-refractivity contribution in [2.45, 2.75) is 23.2 Å². The summed E-state index contributed by atoms with van der Waals surface area (Å²) in [4.78, 5) is 17.5. The first-order valence-corrected chi connectivity index (χ1v) is 7.62. The smallest absolute Gasteiger partial charge is 0.271 e. The van der Waals surface area contributed by atoms with Gasteiger partial charge in [0.1, 0.15) is 0 Å². The van der Waals surface area contributed by atoms with Crippen molar-refractivity contribution in [3.05, 3.63) is 28.3 Å². The highest BCUT2D eigenvalue weighted by Crippen LogP contribution is 2.22. The number of fused-ring (bicyclic) bond motifs is 1. The first-order chi connectivity index (χ1) is 9.65. The van der Waals surface area contributed by atoms with E-state index in [1.54, 1.807) is 6.07 Å². The topological polar surface area (TPSA) is 101 Å². The van der Waals surface area contributed by atoms with E-state index in [2.05, 4.69) is 15.3 Å². The number of H-pyrrole nitrogens is 1. The summed E-state index contributed by atoms with van der Waals surface area (Å²) in [6, 6.07) is 4.40. The monoisotopic (exact) mass is 330 g/mol. The summed E-state index contributed by atoms with van der Waals surface area (Å²) in [7, 11) is -1.20. The van der Waals surface area contributed by atoms with Crippen LogP contribution in [-0.4, -0.2) is 37.4 Å². The number of piperidine rings is 1. The van der Waals surface area contributed by atoms with Crippen LogP contribution in [0.2, 0.25) is 0 Å². The molecular formula is C12H15ClN4O3S. The molecule has 1 aromatic carbocycles. The van der Waals surface area contributed by atoms with Gasteiger partial charge in [-0.2, -0.15) is 0 Å².